The van der Waals surface area contributed by atoms with Crippen molar-refractivity contribution in [3.8, 4) is 11.5 Å². The van der Waals surface area contributed by atoms with Gasteiger partial charge in [-0.25, -0.2) is 0 Å². The zero-order valence-electron chi connectivity index (χ0n) is 11.7. The molecule has 6 nitrogen and oxygen atoms in total. The van der Waals surface area contributed by atoms with Crippen molar-refractivity contribution in [1.82, 2.24) is 4.90 Å². The first kappa shape index (κ1) is 13.7. The van der Waals surface area contributed by atoms with Crippen LogP contribution in [0.5, 0.6) is 11.5 Å². The molecule has 2 aliphatic rings. The van der Waals surface area contributed by atoms with Gasteiger partial charge in [0, 0.05) is 19.5 Å². The highest BCUT2D eigenvalue weighted by Crippen LogP contribution is 2.31. The molecule has 6 heteroatoms. The van der Waals surface area contributed by atoms with E-state index in [0.29, 0.717) is 32.7 Å². The monoisotopic (exact) mass is 290 g/mol. The molecule has 0 aromatic heterocycles. The number of fused-ring (bicyclic) bond motifs is 1. The second kappa shape index (κ2) is 5.63. The van der Waals surface area contributed by atoms with Gasteiger partial charge in [0.15, 0.2) is 11.5 Å². The highest BCUT2D eigenvalue weighted by Gasteiger charge is 2.32. The highest BCUT2D eigenvalue weighted by atomic mass is 16.6. The average molecular weight is 290 g/mol. The van der Waals surface area contributed by atoms with Crippen molar-refractivity contribution in [3.05, 3.63) is 23.8 Å². The molecule has 1 unspecified atom stereocenters. The van der Waals surface area contributed by atoms with Crippen LogP contribution in [0.3, 0.4) is 0 Å². The lowest BCUT2D eigenvalue weighted by Gasteiger charge is -2.20. The predicted octanol–water partition coefficient (Wildman–Crippen LogP) is 0.334. The molecule has 0 aliphatic carbocycles. The fourth-order valence-electron chi connectivity index (χ4n) is 2.69. The second-order valence-electron chi connectivity index (χ2n) is 5.37. The van der Waals surface area contributed by atoms with E-state index in [2.05, 4.69) is 0 Å². The van der Waals surface area contributed by atoms with Crippen molar-refractivity contribution in [3.63, 3.8) is 0 Å². The number of hydrogen-bond acceptors (Lipinski definition) is 4. The van der Waals surface area contributed by atoms with Gasteiger partial charge < -0.3 is 20.1 Å². The minimum absolute atomic E-state index is 0.00339. The maximum atomic E-state index is 11.8. The maximum absolute atomic E-state index is 11.8. The summed E-state index contributed by atoms with van der Waals surface area (Å²) in [5.74, 6) is 0.761. The van der Waals surface area contributed by atoms with Crippen molar-refractivity contribution >= 4 is 11.8 Å². The Morgan fingerprint density at radius 1 is 1.29 bits per heavy atom. The van der Waals surface area contributed by atoms with Crippen LogP contribution in [0.15, 0.2) is 18.2 Å². The molecule has 2 N–H and O–H groups in total. The Balaban J connectivity index is 1.60. The van der Waals surface area contributed by atoms with Gasteiger partial charge in [-0.1, -0.05) is 6.07 Å². The lowest BCUT2D eigenvalue weighted by atomic mass is 10.1. The van der Waals surface area contributed by atoms with Crippen molar-refractivity contribution in [2.24, 2.45) is 11.7 Å². The maximum Gasteiger partial charge on any atom is 0.223 e. The Bertz CT molecular complexity index is 573. The van der Waals surface area contributed by atoms with Crippen LogP contribution in [-0.2, 0) is 16.0 Å². The lowest BCUT2D eigenvalue weighted by Crippen LogP contribution is -2.30. The minimum Gasteiger partial charge on any atom is -0.486 e. The zero-order chi connectivity index (χ0) is 14.8. The van der Waals surface area contributed by atoms with E-state index in [4.69, 9.17) is 15.2 Å². The number of carbonyl (C=O) groups excluding carboxylic acids is 2. The van der Waals surface area contributed by atoms with Crippen molar-refractivity contribution in [2.45, 2.75) is 12.8 Å². The van der Waals surface area contributed by atoms with Crippen molar-refractivity contribution in [2.75, 3.05) is 26.3 Å². The summed E-state index contributed by atoms with van der Waals surface area (Å²) in [5, 5.41) is 0. The van der Waals surface area contributed by atoms with E-state index in [0.717, 1.165) is 17.1 Å². The number of primary amides is 1. The van der Waals surface area contributed by atoms with Gasteiger partial charge >= 0.3 is 0 Å². The van der Waals surface area contributed by atoms with E-state index in [-0.39, 0.29) is 18.2 Å². The number of hydrogen-bond donors (Lipinski definition) is 1. The molecule has 1 aromatic carbocycles. The smallest absolute Gasteiger partial charge is 0.223 e. The first-order chi connectivity index (χ1) is 10.1. The Kier molecular flexibility index (Phi) is 3.68. The number of amides is 2. The third-order valence-corrected chi connectivity index (χ3v) is 3.89. The van der Waals surface area contributed by atoms with Crippen LogP contribution in [0.1, 0.15) is 12.0 Å². The summed E-state index contributed by atoms with van der Waals surface area (Å²) in [7, 11) is 0. The van der Waals surface area contributed by atoms with Crippen LogP contribution in [0.4, 0.5) is 0 Å². The van der Waals surface area contributed by atoms with Crippen LogP contribution >= 0.6 is 0 Å². The zero-order valence-corrected chi connectivity index (χ0v) is 11.7. The largest absolute Gasteiger partial charge is 0.486 e. The van der Waals surface area contributed by atoms with Crippen LogP contribution in [-0.4, -0.2) is 43.0 Å². The third-order valence-electron chi connectivity index (χ3n) is 3.89. The number of rotatable bonds is 4. The number of nitrogens with two attached hydrogens (primary N) is 1. The molecule has 1 aromatic rings. The SMILES string of the molecule is NC(=O)C1CC(=O)N(CCc2ccc3c(c2)OCCO3)C1. The fourth-order valence-corrected chi connectivity index (χ4v) is 2.69. The van der Waals surface area contributed by atoms with Crippen molar-refractivity contribution in [1.29, 1.82) is 0 Å². The molecule has 1 atom stereocenters. The van der Waals surface area contributed by atoms with E-state index in [1.54, 1.807) is 4.90 Å². The molecule has 2 heterocycles. The van der Waals surface area contributed by atoms with Gasteiger partial charge in [0.25, 0.3) is 0 Å². The van der Waals surface area contributed by atoms with Gasteiger partial charge in [-0.15, -0.1) is 0 Å². The molecular weight excluding hydrogens is 272 g/mol. The summed E-state index contributed by atoms with van der Waals surface area (Å²) in [6.07, 6.45) is 0.949. The molecule has 21 heavy (non-hydrogen) atoms. The minimum atomic E-state index is -0.398. The highest BCUT2D eigenvalue weighted by molar-refractivity contribution is 5.88. The summed E-state index contributed by atoms with van der Waals surface area (Å²) in [4.78, 5) is 24.7. The predicted molar refractivity (Wildman–Crippen MR) is 75.0 cm³/mol. The average Bonchev–Trinajstić information content (AvgIpc) is 2.86. The summed E-state index contributed by atoms with van der Waals surface area (Å²) in [6.45, 7) is 2.14. The number of ether oxygens (including phenoxy) is 2. The standard InChI is InChI=1S/C15H18N2O4/c16-15(19)11-8-14(18)17(9-11)4-3-10-1-2-12-13(7-10)21-6-5-20-12/h1-2,7,11H,3-6,8-9H2,(H2,16,19). The Morgan fingerprint density at radius 2 is 2.05 bits per heavy atom. The van der Waals surface area contributed by atoms with Crippen LogP contribution < -0.4 is 15.2 Å². The molecule has 0 saturated carbocycles. The Hall–Kier alpha value is -2.24. The summed E-state index contributed by atoms with van der Waals surface area (Å²) >= 11 is 0. The third kappa shape index (κ3) is 2.94. The lowest BCUT2D eigenvalue weighted by molar-refractivity contribution is -0.128. The molecule has 112 valence electrons. The molecule has 0 bridgehead atoms. The van der Waals surface area contributed by atoms with E-state index in [1.807, 2.05) is 18.2 Å². The van der Waals surface area contributed by atoms with E-state index < -0.39 is 5.91 Å². The number of likely N-dealkylation sites (tertiary alicyclic amines) is 1. The van der Waals surface area contributed by atoms with Crippen molar-refractivity contribution < 1.29 is 19.1 Å². The first-order valence-corrected chi connectivity index (χ1v) is 7.09. The second-order valence-corrected chi connectivity index (χ2v) is 5.37. The molecule has 0 radical (unpaired) electrons. The first-order valence-electron chi connectivity index (χ1n) is 7.09. The molecule has 1 saturated heterocycles. The van der Waals surface area contributed by atoms with Crippen LogP contribution in [0, 0.1) is 5.92 Å². The van der Waals surface area contributed by atoms with Gasteiger partial charge in [0.1, 0.15) is 13.2 Å². The summed E-state index contributed by atoms with van der Waals surface area (Å²) in [5.41, 5.74) is 6.34. The number of carbonyl (C=O) groups is 2. The molecule has 0 spiro atoms. The van der Waals surface area contributed by atoms with Crippen LogP contribution in [0.25, 0.3) is 0 Å². The Labute approximate surface area is 122 Å². The van der Waals surface area contributed by atoms with Gasteiger partial charge in [-0.3, -0.25) is 9.59 Å². The quantitative estimate of drug-likeness (QED) is 0.866. The van der Waals surface area contributed by atoms with E-state index in [1.165, 1.54) is 0 Å². The van der Waals surface area contributed by atoms with Crippen LogP contribution in [0.2, 0.25) is 0 Å². The van der Waals surface area contributed by atoms with Gasteiger partial charge in [-0.2, -0.15) is 0 Å². The Morgan fingerprint density at radius 3 is 2.76 bits per heavy atom. The number of nitrogens with zero attached hydrogens (tertiary/aromatic N) is 1. The molecular formula is C15H18N2O4. The van der Waals surface area contributed by atoms with E-state index >= 15 is 0 Å². The van der Waals surface area contributed by atoms with Gasteiger partial charge in [-0.05, 0) is 24.1 Å². The van der Waals surface area contributed by atoms with Gasteiger partial charge in [0.05, 0.1) is 5.92 Å². The van der Waals surface area contributed by atoms with Gasteiger partial charge in [0.2, 0.25) is 11.8 Å². The molecule has 2 amide bonds. The fraction of sp³-hybridized carbons (Fsp3) is 0.467. The normalized spacial score (nSPS) is 20.7. The topological polar surface area (TPSA) is 81.9 Å². The summed E-state index contributed by atoms with van der Waals surface area (Å²) in [6, 6.07) is 5.81. The summed E-state index contributed by atoms with van der Waals surface area (Å²) < 4.78 is 11.0. The molecule has 1 fully saturated rings. The molecule has 2 aliphatic heterocycles. The van der Waals surface area contributed by atoms with E-state index in [9.17, 15) is 9.59 Å². The number of benzene rings is 1. The molecule has 3 rings (SSSR count).